The summed E-state index contributed by atoms with van der Waals surface area (Å²) in [5.74, 6) is 0.0474. The molecule has 0 saturated carbocycles. The van der Waals surface area contributed by atoms with Crippen molar-refractivity contribution in [2.75, 3.05) is 0 Å². The second-order valence-corrected chi connectivity index (χ2v) is 4.94. The van der Waals surface area contributed by atoms with Crippen LogP contribution in [-0.4, -0.2) is 16.1 Å². The lowest BCUT2D eigenvalue weighted by Gasteiger charge is -2.01. The molecule has 1 heterocycles. The van der Waals surface area contributed by atoms with Gasteiger partial charge in [0, 0.05) is 5.56 Å². The van der Waals surface area contributed by atoms with Crippen molar-refractivity contribution in [2.45, 2.75) is 32.6 Å². The average Bonchev–Trinajstić information content (AvgIpc) is 2.95. The lowest BCUT2D eigenvalue weighted by Crippen LogP contribution is -1.99. The van der Waals surface area contributed by atoms with Gasteiger partial charge in [0.15, 0.2) is 0 Å². The third kappa shape index (κ3) is 2.26. The van der Waals surface area contributed by atoms with Gasteiger partial charge < -0.3 is 9.52 Å². The Kier molecular flexibility index (Phi) is 2.85. The van der Waals surface area contributed by atoms with Crippen molar-refractivity contribution in [2.24, 2.45) is 0 Å². The fourth-order valence-electron chi connectivity index (χ4n) is 2.56. The Morgan fingerprint density at radius 1 is 1.37 bits per heavy atom. The lowest BCUT2D eigenvalue weighted by atomic mass is 10.1. The molecule has 19 heavy (non-hydrogen) atoms. The van der Waals surface area contributed by atoms with E-state index in [1.54, 1.807) is 6.92 Å². The molecule has 0 saturated heterocycles. The number of fused-ring (bicyclic) bond motifs is 1. The number of carboxylic acid groups (broad SMARTS) is 1. The highest BCUT2D eigenvalue weighted by Gasteiger charge is 2.16. The van der Waals surface area contributed by atoms with E-state index in [2.05, 4.69) is 17.1 Å². The van der Waals surface area contributed by atoms with E-state index in [0.717, 1.165) is 18.4 Å². The Labute approximate surface area is 111 Å². The molecule has 3 rings (SSSR count). The highest BCUT2D eigenvalue weighted by Crippen LogP contribution is 2.28. The average molecular weight is 257 g/mol. The van der Waals surface area contributed by atoms with Crippen molar-refractivity contribution >= 4 is 5.97 Å². The monoisotopic (exact) mass is 257 g/mol. The quantitative estimate of drug-likeness (QED) is 0.918. The minimum Gasteiger partial charge on any atom is -0.481 e. The molecule has 4 nitrogen and oxygen atoms in total. The molecule has 1 N–H and O–H groups in total. The van der Waals surface area contributed by atoms with E-state index in [1.807, 2.05) is 6.07 Å². The van der Waals surface area contributed by atoms with Crippen LogP contribution in [0.4, 0.5) is 0 Å². The molecule has 1 aromatic carbocycles. The number of carboxylic acids is 1. The summed E-state index contributed by atoms with van der Waals surface area (Å²) in [7, 11) is 0. The van der Waals surface area contributed by atoms with Crippen LogP contribution in [0.3, 0.4) is 0 Å². The predicted molar refractivity (Wildman–Crippen MR) is 70.0 cm³/mol. The molecular weight excluding hydrogens is 242 g/mol. The minimum atomic E-state index is -0.903. The first-order chi connectivity index (χ1) is 9.13. The fraction of sp³-hybridized carbons (Fsp3) is 0.333. The number of nitrogens with zero attached hydrogens (tertiary/aromatic N) is 1. The molecule has 0 fully saturated rings. The number of oxazole rings is 1. The van der Waals surface area contributed by atoms with Gasteiger partial charge in [-0.25, -0.2) is 4.98 Å². The van der Waals surface area contributed by atoms with E-state index in [4.69, 9.17) is 9.52 Å². The molecule has 0 bridgehead atoms. The maximum absolute atomic E-state index is 10.7. The van der Waals surface area contributed by atoms with E-state index in [1.165, 1.54) is 17.5 Å². The second-order valence-electron chi connectivity index (χ2n) is 4.94. The molecule has 0 amide bonds. The molecule has 0 radical (unpaired) electrons. The van der Waals surface area contributed by atoms with Gasteiger partial charge in [0.2, 0.25) is 5.89 Å². The second kappa shape index (κ2) is 4.53. The Hall–Kier alpha value is -2.10. The van der Waals surface area contributed by atoms with Gasteiger partial charge in [-0.2, -0.15) is 0 Å². The number of hydrogen-bond acceptors (Lipinski definition) is 3. The van der Waals surface area contributed by atoms with Crippen molar-refractivity contribution in [1.29, 1.82) is 0 Å². The van der Waals surface area contributed by atoms with Gasteiger partial charge in [0.05, 0.1) is 5.69 Å². The summed E-state index contributed by atoms with van der Waals surface area (Å²) >= 11 is 0. The van der Waals surface area contributed by atoms with Gasteiger partial charge in [-0.3, -0.25) is 4.79 Å². The largest absolute Gasteiger partial charge is 0.481 e. The van der Waals surface area contributed by atoms with Gasteiger partial charge in [-0.15, -0.1) is 0 Å². The topological polar surface area (TPSA) is 63.3 Å². The van der Waals surface area contributed by atoms with Crippen molar-refractivity contribution in [3.8, 4) is 11.5 Å². The molecule has 0 unspecified atom stereocenters. The van der Waals surface area contributed by atoms with Crippen molar-refractivity contribution in [3.63, 3.8) is 0 Å². The lowest BCUT2D eigenvalue weighted by molar-refractivity contribution is -0.136. The SMILES string of the molecule is Cc1nc(-c2ccc3c(c2)CCC3)oc1CC(=O)O. The summed E-state index contributed by atoms with van der Waals surface area (Å²) < 4.78 is 5.58. The molecule has 0 aliphatic heterocycles. The number of hydrogen-bond donors (Lipinski definition) is 1. The molecule has 98 valence electrons. The number of aromatic nitrogens is 1. The zero-order chi connectivity index (χ0) is 13.4. The number of carbonyl (C=O) groups is 1. The third-order valence-electron chi connectivity index (χ3n) is 3.55. The molecule has 4 heteroatoms. The standard InChI is InChI=1S/C15H15NO3/c1-9-13(8-14(17)18)19-15(16-9)12-6-5-10-3-2-4-11(10)7-12/h5-7H,2-4,8H2,1H3,(H,17,18). The normalized spacial score (nSPS) is 13.5. The first kappa shape index (κ1) is 12.0. The van der Waals surface area contributed by atoms with Crippen molar-refractivity contribution in [1.82, 2.24) is 4.98 Å². The van der Waals surface area contributed by atoms with Crippen molar-refractivity contribution in [3.05, 3.63) is 40.8 Å². The molecule has 1 aliphatic carbocycles. The Balaban J connectivity index is 1.96. The van der Waals surface area contributed by atoms with Gasteiger partial charge >= 0.3 is 5.97 Å². The highest BCUT2D eigenvalue weighted by atomic mass is 16.4. The summed E-state index contributed by atoms with van der Waals surface area (Å²) in [5.41, 5.74) is 4.34. The van der Waals surface area contributed by atoms with E-state index in [9.17, 15) is 4.79 Å². The Morgan fingerprint density at radius 2 is 2.16 bits per heavy atom. The number of benzene rings is 1. The van der Waals surface area contributed by atoms with Crippen LogP contribution < -0.4 is 0 Å². The molecule has 1 aliphatic rings. The van der Waals surface area contributed by atoms with Crippen molar-refractivity contribution < 1.29 is 14.3 Å². The zero-order valence-corrected chi connectivity index (χ0v) is 10.8. The van der Waals surface area contributed by atoms with E-state index < -0.39 is 5.97 Å². The predicted octanol–water partition coefficient (Wildman–Crippen LogP) is 2.77. The molecule has 2 aromatic rings. The molecule has 0 atom stereocenters. The summed E-state index contributed by atoms with van der Waals surface area (Å²) in [6, 6.07) is 6.23. The maximum Gasteiger partial charge on any atom is 0.311 e. The van der Waals surface area contributed by atoms with Crippen LogP contribution in [0.5, 0.6) is 0 Å². The minimum absolute atomic E-state index is 0.121. The van der Waals surface area contributed by atoms with Crippen LogP contribution in [0, 0.1) is 6.92 Å². The van der Waals surface area contributed by atoms with E-state index in [0.29, 0.717) is 17.3 Å². The Bertz CT molecular complexity index is 643. The van der Waals surface area contributed by atoms with Gasteiger partial charge in [0.25, 0.3) is 0 Å². The van der Waals surface area contributed by atoms with Crippen LogP contribution in [0.1, 0.15) is 29.0 Å². The molecule has 0 spiro atoms. The van der Waals surface area contributed by atoms with Gasteiger partial charge in [-0.05, 0) is 49.4 Å². The number of aryl methyl sites for hydroxylation is 3. The summed E-state index contributed by atoms with van der Waals surface area (Å²) in [4.78, 5) is 15.1. The van der Waals surface area contributed by atoms with Gasteiger partial charge in [0.1, 0.15) is 12.2 Å². The van der Waals surface area contributed by atoms with Gasteiger partial charge in [-0.1, -0.05) is 6.07 Å². The van der Waals surface area contributed by atoms with E-state index >= 15 is 0 Å². The molecular formula is C15H15NO3. The number of aliphatic carboxylic acids is 1. The Morgan fingerprint density at radius 3 is 2.95 bits per heavy atom. The summed E-state index contributed by atoms with van der Waals surface area (Å²) in [6.07, 6.45) is 3.33. The van der Waals surface area contributed by atoms with Crippen LogP contribution >= 0.6 is 0 Å². The smallest absolute Gasteiger partial charge is 0.311 e. The summed E-state index contributed by atoms with van der Waals surface area (Å²) in [5, 5.41) is 8.81. The maximum atomic E-state index is 10.7. The first-order valence-corrected chi connectivity index (χ1v) is 6.44. The number of rotatable bonds is 3. The molecule has 1 aromatic heterocycles. The summed E-state index contributed by atoms with van der Waals surface area (Å²) in [6.45, 7) is 1.78. The zero-order valence-electron chi connectivity index (χ0n) is 10.8. The fourth-order valence-corrected chi connectivity index (χ4v) is 2.56. The third-order valence-corrected chi connectivity index (χ3v) is 3.55. The van der Waals surface area contributed by atoms with Crippen LogP contribution in [0.25, 0.3) is 11.5 Å². The van der Waals surface area contributed by atoms with E-state index in [-0.39, 0.29) is 6.42 Å². The van der Waals surface area contributed by atoms with Crippen LogP contribution in [0.15, 0.2) is 22.6 Å². The van der Waals surface area contributed by atoms with Crippen LogP contribution in [-0.2, 0) is 24.1 Å². The highest BCUT2D eigenvalue weighted by molar-refractivity contribution is 5.70. The van der Waals surface area contributed by atoms with Crippen LogP contribution in [0.2, 0.25) is 0 Å². The first-order valence-electron chi connectivity index (χ1n) is 6.44.